The second-order valence-corrected chi connectivity index (χ2v) is 6.33. The highest BCUT2D eigenvalue weighted by molar-refractivity contribution is 7.10. The SMILES string of the molecule is CC(C)C(NC(=O)CNC(=O)c1ccccc1)c1cccs1. The first-order valence-electron chi connectivity index (χ1n) is 7.24. The van der Waals surface area contributed by atoms with Crippen molar-refractivity contribution in [2.45, 2.75) is 19.9 Å². The van der Waals surface area contributed by atoms with Gasteiger partial charge in [0.1, 0.15) is 0 Å². The van der Waals surface area contributed by atoms with Gasteiger partial charge in [0.05, 0.1) is 12.6 Å². The smallest absolute Gasteiger partial charge is 0.251 e. The van der Waals surface area contributed by atoms with Gasteiger partial charge in [-0.3, -0.25) is 9.59 Å². The fourth-order valence-corrected chi connectivity index (χ4v) is 3.06. The highest BCUT2D eigenvalue weighted by Gasteiger charge is 2.19. The van der Waals surface area contributed by atoms with Gasteiger partial charge < -0.3 is 10.6 Å². The topological polar surface area (TPSA) is 58.2 Å². The molecule has 1 aromatic heterocycles. The molecule has 1 atom stereocenters. The van der Waals surface area contributed by atoms with Crippen LogP contribution in [-0.4, -0.2) is 18.4 Å². The number of rotatable bonds is 6. The molecule has 0 saturated carbocycles. The predicted octanol–water partition coefficient (Wildman–Crippen LogP) is 2.99. The molecular formula is C17H20N2O2S. The zero-order chi connectivity index (χ0) is 15.9. The van der Waals surface area contributed by atoms with Gasteiger partial charge in [-0.25, -0.2) is 0 Å². The zero-order valence-corrected chi connectivity index (χ0v) is 13.5. The van der Waals surface area contributed by atoms with Crippen LogP contribution in [0.5, 0.6) is 0 Å². The Morgan fingerprint density at radius 2 is 1.82 bits per heavy atom. The molecule has 4 nitrogen and oxygen atoms in total. The summed E-state index contributed by atoms with van der Waals surface area (Å²) in [6.45, 7) is 4.10. The van der Waals surface area contributed by atoms with Gasteiger partial charge in [-0.15, -0.1) is 11.3 Å². The normalized spacial score (nSPS) is 12.0. The molecule has 5 heteroatoms. The van der Waals surface area contributed by atoms with Gasteiger partial charge in [-0.2, -0.15) is 0 Å². The highest BCUT2D eigenvalue weighted by Crippen LogP contribution is 2.25. The number of nitrogens with one attached hydrogen (secondary N) is 2. The molecule has 2 aromatic rings. The summed E-state index contributed by atoms with van der Waals surface area (Å²) in [5.41, 5.74) is 0.550. The van der Waals surface area contributed by atoms with E-state index in [1.807, 2.05) is 23.6 Å². The number of carbonyl (C=O) groups is 2. The van der Waals surface area contributed by atoms with E-state index in [4.69, 9.17) is 0 Å². The standard InChI is InChI=1S/C17H20N2O2S/c1-12(2)16(14-9-6-10-22-14)19-15(20)11-18-17(21)13-7-4-3-5-8-13/h3-10,12,16H,11H2,1-2H3,(H,18,21)(H,19,20). The Hall–Kier alpha value is -2.14. The Labute approximate surface area is 134 Å². The molecule has 0 aliphatic heterocycles. The number of hydrogen-bond acceptors (Lipinski definition) is 3. The molecule has 2 amide bonds. The number of benzene rings is 1. The summed E-state index contributed by atoms with van der Waals surface area (Å²) < 4.78 is 0. The molecule has 0 spiro atoms. The monoisotopic (exact) mass is 316 g/mol. The van der Waals surface area contributed by atoms with Crippen molar-refractivity contribution in [2.75, 3.05) is 6.54 Å². The minimum Gasteiger partial charge on any atom is -0.347 e. The molecule has 2 N–H and O–H groups in total. The molecule has 2 rings (SSSR count). The lowest BCUT2D eigenvalue weighted by molar-refractivity contribution is -0.121. The maximum Gasteiger partial charge on any atom is 0.251 e. The van der Waals surface area contributed by atoms with Crippen LogP contribution in [0.2, 0.25) is 0 Å². The van der Waals surface area contributed by atoms with Crippen LogP contribution in [0.15, 0.2) is 47.8 Å². The quantitative estimate of drug-likeness (QED) is 0.861. The molecule has 0 radical (unpaired) electrons. The summed E-state index contributed by atoms with van der Waals surface area (Å²) in [5, 5.41) is 7.62. The Morgan fingerprint density at radius 1 is 1.09 bits per heavy atom. The van der Waals surface area contributed by atoms with Crippen molar-refractivity contribution >= 4 is 23.2 Å². The van der Waals surface area contributed by atoms with Crippen molar-refractivity contribution in [3.8, 4) is 0 Å². The lowest BCUT2D eigenvalue weighted by Gasteiger charge is -2.21. The molecule has 0 bridgehead atoms. The van der Waals surface area contributed by atoms with Crippen LogP contribution in [0.4, 0.5) is 0 Å². The predicted molar refractivity (Wildman–Crippen MR) is 88.8 cm³/mol. The molecule has 0 fully saturated rings. The Bertz CT molecular complexity index is 609. The summed E-state index contributed by atoms with van der Waals surface area (Å²) in [6, 6.07) is 12.8. The molecule has 1 heterocycles. The molecule has 22 heavy (non-hydrogen) atoms. The second kappa shape index (κ2) is 7.75. The average Bonchev–Trinajstić information content (AvgIpc) is 3.04. The first-order chi connectivity index (χ1) is 10.6. The van der Waals surface area contributed by atoms with Gasteiger partial charge in [0, 0.05) is 10.4 Å². The van der Waals surface area contributed by atoms with E-state index in [9.17, 15) is 9.59 Å². The summed E-state index contributed by atoms with van der Waals surface area (Å²) in [4.78, 5) is 25.1. The molecular weight excluding hydrogens is 296 g/mol. The van der Waals surface area contributed by atoms with Crippen molar-refractivity contribution < 1.29 is 9.59 Å². The second-order valence-electron chi connectivity index (χ2n) is 5.35. The minimum atomic E-state index is -0.243. The van der Waals surface area contributed by atoms with Gasteiger partial charge >= 0.3 is 0 Å². The molecule has 0 aliphatic carbocycles. The van der Waals surface area contributed by atoms with E-state index in [1.165, 1.54) is 0 Å². The fraction of sp³-hybridized carbons (Fsp3) is 0.294. The molecule has 0 aliphatic rings. The largest absolute Gasteiger partial charge is 0.347 e. The third-order valence-corrected chi connectivity index (χ3v) is 4.23. The van der Waals surface area contributed by atoms with E-state index >= 15 is 0 Å². The minimum absolute atomic E-state index is 0.0255. The number of amides is 2. The lowest BCUT2D eigenvalue weighted by atomic mass is 10.0. The van der Waals surface area contributed by atoms with Gasteiger partial charge in [-0.1, -0.05) is 38.1 Å². The summed E-state index contributed by atoms with van der Waals surface area (Å²) in [6.07, 6.45) is 0. The number of carbonyl (C=O) groups excluding carboxylic acids is 2. The fourth-order valence-electron chi connectivity index (χ4n) is 2.11. The lowest BCUT2D eigenvalue weighted by Crippen LogP contribution is -2.39. The van der Waals surface area contributed by atoms with E-state index in [-0.39, 0.29) is 30.3 Å². The molecule has 116 valence electrons. The van der Waals surface area contributed by atoms with Gasteiger partial charge in [0.25, 0.3) is 5.91 Å². The molecule has 1 aromatic carbocycles. The summed E-state index contributed by atoms with van der Waals surface area (Å²) in [7, 11) is 0. The van der Waals surface area contributed by atoms with Crippen LogP contribution in [0.3, 0.4) is 0 Å². The Morgan fingerprint density at radius 3 is 2.41 bits per heavy atom. The van der Waals surface area contributed by atoms with Gasteiger partial charge in [0.2, 0.25) is 5.91 Å². The molecule has 1 unspecified atom stereocenters. The van der Waals surface area contributed by atoms with Crippen molar-refractivity contribution in [1.82, 2.24) is 10.6 Å². The van der Waals surface area contributed by atoms with E-state index in [0.717, 1.165) is 4.88 Å². The molecule has 0 saturated heterocycles. The maximum absolute atomic E-state index is 12.1. The zero-order valence-electron chi connectivity index (χ0n) is 12.7. The maximum atomic E-state index is 12.1. The van der Waals surface area contributed by atoms with Crippen molar-refractivity contribution in [3.05, 3.63) is 58.3 Å². The Balaban J connectivity index is 1.88. The first-order valence-corrected chi connectivity index (χ1v) is 8.12. The van der Waals surface area contributed by atoms with Crippen molar-refractivity contribution in [1.29, 1.82) is 0 Å². The van der Waals surface area contributed by atoms with Crippen LogP contribution in [0, 0.1) is 5.92 Å². The van der Waals surface area contributed by atoms with Crippen LogP contribution >= 0.6 is 11.3 Å². The van der Waals surface area contributed by atoms with Gasteiger partial charge in [-0.05, 0) is 29.5 Å². The van der Waals surface area contributed by atoms with Crippen LogP contribution in [-0.2, 0) is 4.79 Å². The number of thiophene rings is 1. The van der Waals surface area contributed by atoms with Crippen LogP contribution < -0.4 is 10.6 Å². The summed E-state index contributed by atoms with van der Waals surface area (Å²) >= 11 is 1.62. The highest BCUT2D eigenvalue weighted by atomic mass is 32.1. The summed E-state index contributed by atoms with van der Waals surface area (Å²) in [5.74, 6) is -0.142. The third kappa shape index (κ3) is 4.43. The van der Waals surface area contributed by atoms with Crippen molar-refractivity contribution in [2.24, 2.45) is 5.92 Å². The van der Waals surface area contributed by atoms with Gasteiger partial charge in [0.15, 0.2) is 0 Å². The average molecular weight is 316 g/mol. The van der Waals surface area contributed by atoms with E-state index in [0.29, 0.717) is 5.56 Å². The Kier molecular flexibility index (Phi) is 5.72. The van der Waals surface area contributed by atoms with E-state index in [2.05, 4.69) is 24.5 Å². The van der Waals surface area contributed by atoms with Crippen LogP contribution in [0.25, 0.3) is 0 Å². The van der Waals surface area contributed by atoms with E-state index in [1.54, 1.807) is 35.6 Å². The van der Waals surface area contributed by atoms with Crippen LogP contribution in [0.1, 0.15) is 35.1 Å². The number of hydrogen-bond donors (Lipinski definition) is 2. The van der Waals surface area contributed by atoms with E-state index < -0.39 is 0 Å². The third-order valence-electron chi connectivity index (χ3n) is 3.28. The first kappa shape index (κ1) is 16.2. The van der Waals surface area contributed by atoms with Crippen molar-refractivity contribution in [3.63, 3.8) is 0 Å².